The minimum absolute atomic E-state index is 0.0612. The van der Waals surface area contributed by atoms with Crippen molar-refractivity contribution in [3.8, 4) is 0 Å². The van der Waals surface area contributed by atoms with Crippen molar-refractivity contribution in [3.63, 3.8) is 0 Å². The zero-order valence-electron chi connectivity index (χ0n) is 10.4. The molecule has 0 unspecified atom stereocenters. The molecule has 2 aromatic carbocycles. The summed E-state index contributed by atoms with van der Waals surface area (Å²) in [5.41, 5.74) is 12.3. The Kier molecular flexibility index (Phi) is 3.52. The number of rotatable bonds is 4. The number of carbonyl (C=O) groups is 1. The van der Waals surface area contributed by atoms with Crippen molar-refractivity contribution in [2.45, 2.75) is 0 Å². The van der Waals surface area contributed by atoms with Gasteiger partial charge in [-0.3, -0.25) is 14.9 Å². The highest BCUT2D eigenvalue weighted by Gasteiger charge is 2.11. The van der Waals surface area contributed by atoms with E-state index in [1.165, 1.54) is 18.2 Å². The van der Waals surface area contributed by atoms with Crippen LogP contribution >= 0.6 is 0 Å². The lowest BCUT2D eigenvalue weighted by atomic mass is 10.2. The number of nitro benzene ring substituents is 1. The van der Waals surface area contributed by atoms with Gasteiger partial charge in [0.15, 0.2) is 0 Å². The van der Waals surface area contributed by atoms with Crippen LogP contribution in [0.15, 0.2) is 42.5 Å². The van der Waals surface area contributed by atoms with Gasteiger partial charge in [0.2, 0.25) is 5.91 Å². The Morgan fingerprint density at radius 2 is 1.85 bits per heavy atom. The summed E-state index contributed by atoms with van der Waals surface area (Å²) in [6, 6.07) is 10.9. The van der Waals surface area contributed by atoms with Gasteiger partial charge in [-0.05, 0) is 30.3 Å². The highest BCUT2D eigenvalue weighted by Crippen LogP contribution is 2.26. The molecule has 0 aromatic heterocycles. The molecule has 0 saturated heterocycles. The summed E-state index contributed by atoms with van der Waals surface area (Å²) in [5, 5.41) is 13.7. The summed E-state index contributed by atoms with van der Waals surface area (Å²) in [6.45, 7) is 0. The predicted molar refractivity (Wildman–Crippen MR) is 75.8 cm³/mol. The Morgan fingerprint density at radius 3 is 2.45 bits per heavy atom. The third-order valence-electron chi connectivity index (χ3n) is 2.66. The van der Waals surface area contributed by atoms with Gasteiger partial charge in [-0.25, -0.2) is 0 Å². The fourth-order valence-electron chi connectivity index (χ4n) is 1.72. The molecule has 1 amide bonds. The van der Waals surface area contributed by atoms with E-state index in [1.807, 2.05) is 0 Å². The molecule has 0 aliphatic heterocycles. The Labute approximate surface area is 114 Å². The molecule has 7 nitrogen and oxygen atoms in total. The lowest BCUT2D eigenvalue weighted by Crippen LogP contribution is -2.10. The van der Waals surface area contributed by atoms with Crippen LogP contribution in [-0.4, -0.2) is 10.8 Å². The van der Waals surface area contributed by atoms with E-state index >= 15 is 0 Å². The van der Waals surface area contributed by atoms with Crippen molar-refractivity contribution in [1.82, 2.24) is 0 Å². The first kappa shape index (κ1) is 13.3. The number of nitrogens with zero attached hydrogens (tertiary/aromatic N) is 1. The van der Waals surface area contributed by atoms with E-state index < -0.39 is 10.8 Å². The summed E-state index contributed by atoms with van der Waals surface area (Å²) in [5.74, 6) is -0.531. The highest BCUT2D eigenvalue weighted by molar-refractivity contribution is 5.93. The van der Waals surface area contributed by atoms with Crippen molar-refractivity contribution < 1.29 is 9.72 Å². The fourth-order valence-corrected chi connectivity index (χ4v) is 1.72. The first-order valence-electron chi connectivity index (χ1n) is 5.68. The molecule has 0 heterocycles. The average Bonchev–Trinajstić information content (AvgIpc) is 2.38. The van der Waals surface area contributed by atoms with Gasteiger partial charge in [-0.1, -0.05) is 6.07 Å². The molecule has 20 heavy (non-hydrogen) atoms. The van der Waals surface area contributed by atoms with Gasteiger partial charge in [0, 0.05) is 23.0 Å². The van der Waals surface area contributed by atoms with Gasteiger partial charge in [0.1, 0.15) is 5.69 Å². The zero-order chi connectivity index (χ0) is 14.7. The van der Waals surface area contributed by atoms with Gasteiger partial charge in [-0.15, -0.1) is 0 Å². The molecule has 0 spiro atoms. The van der Waals surface area contributed by atoms with Gasteiger partial charge in [0.05, 0.1) is 4.92 Å². The topological polar surface area (TPSA) is 124 Å². The first-order valence-corrected chi connectivity index (χ1v) is 5.68. The van der Waals surface area contributed by atoms with Crippen molar-refractivity contribution >= 4 is 28.7 Å². The lowest BCUT2D eigenvalue weighted by molar-refractivity contribution is -0.383. The van der Waals surface area contributed by atoms with E-state index in [0.717, 1.165) is 0 Å². The van der Waals surface area contributed by atoms with E-state index in [-0.39, 0.29) is 11.4 Å². The van der Waals surface area contributed by atoms with Gasteiger partial charge < -0.3 is 16.8 Å². The van der Waals surface area contributed by atoms with Crippen LogP contribution in [0.25, 0.3) is 0 Å². The standard InChI is InChI=1S/C13H12N4O3/c14-11-7-10(4-5-12(11)17(19)20)16-9-3-1-2-8(6-9)13(15)18/h1-7,16H,14H2,(H2,15,18). The number of benzene rings is 2. The SMILES string of the molecule is NC(=O)c1cccc(Nc2ccc([N+](=O)[O-])c(N)c2)c1. The molecular formula is C13H12N4O3. The number of nitrogens with one attached hydrogen (secondary N) is 1. The molecule has 0 fully saturated rings. The number of hydrogen-bond acceptors (Lipinski definition) is 5. The largest absolute Gasteiger partial charge is 0.393 e. The number of carbonyl (C=O) groups excluding carboxylic acids is 1. The molecule has 0 aliphatic carbocycles. The smallest absolute Gasteiger partial charge is 0.292 e. The Morgan fingerprint density at radius 1 is 1.15 bits per heavy atom. The number of nitrogens with two attached hydrogens (primary N) is 2. The third-order valence-corrected chi connectivity index (χ3v) is 2.66. The lowest BCUT2D eigenvalue weighted by Gasteiger charge is -2.08. The Hall–Kier alpha value is -3.09. The molecule has 102 valence electrons. The van der Waals surface area contributed by atoms with Crippen LogP contribution in [0.1, 0.15) is 10.4 Å². The molecule has 0 bridgehead atoms. The van der Waals surface area contributed by atoms with Crippen LogP contribution in [-0.2, 0) is 0 Å². The summed E-state index contributed by atoms with van der Waals surface area (Å²) >= 11 is 0. The van der Waals surface area contributed by atoms with Gasteiger partial charge in [-0.2, -0.15) is 0 Å². The van der Waals surface area contributed by atoms with E-state index in [1.54, 1.807) is 24.3 Å². The second kappa shape index (κ2) is 5.27. The maximum atomic E-state index is 11.1. The Balaban J connectivity index is 2.26. The molecule has 0 aliphatic rings. The van der Waals surface area contributed by atoms with Crippen LogP contribution < -0.4 is 16.8 Å². The third kappa shape index (κ3) is 2.83. The number of nitrogen functional groups attached to an aromatic ring is 1. The quantitative estimate of drug-likeness (QED) is 0.446. The number of hydrogen-bond donors (Lipinski definition) is 3. The fraction of sp³-hybridized carbons (Fsp3) is 0. The first-order chi connectivity index (χ1) is 9.47. The molecule has 2 aromatic rings. The van der Waals surface area contributed by atoms with E-state index in [4.69, 9.17) is 11.5 Å². The van der Waals surface area contributed by atoms with Crippen LogP contribution in [0.5, 0.6) is 0 Å². The molecular weight excluding hydrogens is 260 g/mol. The second-order valence-corrected chi connectivity index (χ2v) is 4.10. The van der Waals surface area contributed by atoms with E-state index in [9.17, 15) is 14.9 Å². The summed E-state index contributed by atoms with van der Waals surface area (Å²) in [6.07, 6.45) is 0. The molecule has 5 N–H and O–H groups in total. The molecule has 0 radical (unpaired) electrons. The second-order valence-electron chi connectivity index (χ2n) is 4.10. The van der Waals surface area contributed by atoms with Crippen molar-refractivity contribution in [2.75, 3.05) is 11.1 Å². The molecule has 0 atom stereocenters. The molecule has 7 heteroatoms. The van der Waals surface area contributed by atoms with E-state index in [2.05, 4.69) is 5.32 Å². The summed E-state index contributed by atoms with van der Waals surface area (Å²) in [7, 11) is 0. The summed E-state index contributed by atoms with van der Waals surface area (Å²) in [4.78, 5) is 21.2. The minimum atomic E-state index is -0.549. The van der Waals surface area contributed by atoms with Gasteiger partial charge in [0.25, 0.3) is 5.69 Å². The van der Waals surface area contributed by atoms with Crippen LogP contribution in [0.2, 0.25) is 0 Å². The summed E-state index contributed by atoms with van der Waals surface area (Å²) < 4.78 is 0. The molecule has 2 rings (SSSR count). The average molecular weight is 272 g/mol. The van der Waals surface area contributed by atoms with Crippen LogP contribution in [0.3, 0.4) is 0 Å². The van der Waals surface area contributed by atoms with Crippen molar-refractivity contribution in [1.29, 1.82) is 0 Å². The van der Waals surface area contributed by atoms with Gasteiger partial charge >= 0.3 is 0 Å². The maximum Gasteiger partial charge on any atom is 0.292 e. The molecule has 0 saturated carbocycles. The monoisotopic (exact) mass is 272 g/mol. The minimum Gasteiger partial charge on any atom is -0.393 e. The number of nitro groups is 1. The maximum absolute atomic E-state index is 11.1. The van der Waals surface area contributed by atoms with Crippen molar-refractivity contribution in [3.05, 3.63) is 58.1 Å². The highest BCUT2D eigenvalue weighted by atomic mass is 16.6. The zero-order valence-corrected chi connectivity index (χ0v) is 10.4. The van der Waals surface area contributed by atoms with Crippen molar-refractivity contribution in [2.24, 2.45) is 5.73 Å². The number of anilines is 3. The van der Waals surface area contributed by atoms with E-state index in [0.29, 0.717) is 16.9 Å². The number of primary amides is 1. The number of amides is 1. The van der Waals surface area contributed by atoms with Crippen LogP contribution in [0.4, 0.5) is 22.7 Å². The Bertz CT molecular complexity index is 685. The predicted octanol–water partition coefficient (Wildman–Crippen LogP) is 2.02. The van der Waals surface area contributed by atoms with Crippen LogP contribution in [0, 0.1) is 10.1 Å². The normalized spacial score (nSPS) is 10.0.